The Bertz CT molecular complexity index is 980. The van der Waals surface area contributed by atoms with Crippen LogP contribution < -0.4 is 15.4 Å². The van der Waals surface area contributed by atoms with E-state index in [1.54, 1.807) is 12.4 Å². The number of hydrogen-bond donors (Lipinski definition) is 2. The number of carbonyl (C=O) groups excluding carboxylic acids is 1. The van der Waals surface area contributed by atoms with Gasteiger partial charge in [0.05, 0.1) is 36.3 Å². The summed E-state index contributed by atoms with van der Waals surface area (Å²) in [4.78, 5) is 16.6. The van der Waals surface area contributed by atoms with Crippen molar-refractivity contribution in [2.45, 2.75) is 45.2 Å². The van der Waals surface area contributed by atoms with E-state index in [0.29, 0.717) is 30.6 Å². The number of carbonyl (C=O) groups is 1. The van der Waals surface area contributed by atoms with Crippen LogP contribution in [0.1, 0.15) is 44.3 Å². The standard InChI is InChI=1S/C23H27N5O2/c1-2-30-22-10-6-5-9-20(22)26-23(29)25-16-18-15-21(17-11-13-24-14-12-17)28(27-18)19-7-3-4-8-19/h5-6,9-15,19H,2-4,7-8,16H2,1H3,(H2,25,26,29). The van der Waals surface area contributed by atoms with E-state index >= 15 is 0 Å². The second-order valence-electron chi connectivity index (χ2n) is 7.38. The number of urea groups is 1. The average molecular weight is 406 g/mol. The summed E-state index contributed by atoms with van der Waals surface area (Å²) in [6.07, 6.45) is 8.33. The third-order valence-electron chi connectivity index (χ3n) is 5.30. The third kappa shape index (κ3) is 4.62. The number of nitrogens with one attached hydrogen (secondary N) is 2. The van der Waals surface area contributed by atoms with Crippen LogP contribution in [-0.2, 0) is 6.54 Å². The first-order chi connectivity index (χ1) is 14.7. The van der Waals surface area contributed by atoms with Crippen molar-refractivity contribution >= 4 is 11.7 Å². The van der Waals surface area contributed by atoms with Gasteiger partial charge in [-0.3, -0.25) is 9.67 Å². The van der Waals surface area contributed by atoms with Crippen LogP contribution in [0, 0.1) is 0 Å². The lowest BCUT2D eigenvalue weighted by atomic mass is 10.1. The van der Waals surface area contributed by atoms with Crippen molar-refractivity contribution in [3.8, 4) is 17.0 Å². The Balaban J connectivity index is 1.46. The fourth-order valence-corrected chi connectivity index (χ4v) is 3.89. The van der Waals surface area contributed by atoms with Gasteiger partial charge in [-0.2, -0.15) is 5.10 Å². The summed E-state index contributed by atoms with van der Waals surface area (Å²) in [5.41, 5.74) is 3.64. The molecule has 1 saturated carbocycles. The highest BCUT2D eigenvalue weighted by atomic mass is 16.5. The fraction of sp³-hybridized carbons (Fsp3) is 0.348. The van der Waals surface area contributed by atoms with Crippen LogP contribution in [0.15, 0.2) is 54.9 Å². The van der Waals surface area contributed by atoms with E-state index < -0.39 is 0 Å². The Morgan fingerprint density at radius 2 is 1.93 bits per heavy atom. The molecule has 0 spiro atoms. The Morgan fingerprint density at radius 1 is 1.17 bits per heavy atom. The van der Waals surface area contributed by atoms with Gasteiger partial charge in [0, 0.05) is 18.0 Å². The minimum absolute atomic E-state index is 0.289. The lowest BCUT2D eigenvalue weighted by molar-refractivity contribution is 0.251. The fourth-order valence-electron chi connectivity index (χ4n) is 3.89. The predicted molar refractivity (Wildman–Crippen MR) is 116 cm³/mol. The molecular formula is C23H27N5O2. The predicted octanol–water partition coefficient (Wildman–Crippen LogP) is 4.78. The normalized spacial score (nSPS) is 13.9. The molecule has 1 aliphatic rings. The number of ether oxygens (including phenoxy) is 1. The topological polar surface area (TPSA) is 81.1 Å². The second kappa shape index (κ2) is 9.43. The summed E-state index contributed by atoms with van der Waals surface area (Å²) in [6, 6.07) is 13.6. The number of pyridine rings is 1. The van der Waals surface area contributed by atoms with Crippen LogP contribution in [0.25, 0.3) is 11.3 Å². The molecule has 2 aromatic heterocycles. The maximum atomic E-state index is 12.4. The van der Waals surface area contributed by atoms with Gasteiger partial charge in [0.2, 0.25) is 0 Å². The molecule has 156 valence electrons. The van der Waals surface area contributed by atoms with E-state index in [0.717, 1.165) is 29.8 Å². The van der Waals surface area contributed by atoms with Crippen LogP contribution in [0.5, 0.6) is 5.75 Å². The van der Waals surface area contributed by atoms with E-state index in [9.17, 15) is 4.79 Å². The Hall–Kier alpha value is -3.35. The van der Waals surface area contributed by atoms with E-state index in [1.165, 1.54) is 12.8 Å². The summed E-state index contributed by atoms with van der Waals surface area (Å²) in [6.45, 7) is 2.80. The van der Waals surface area contributed by atoms with Gasteiger partial charge < -0.3 is 15.4 Å². The smallest absolute Gasteiger partial charge is 0.319 e. The van der Waals surface area contributed by atoms with Crippen molar-refractivity contribution in [2.24, 2.45) is 0 Å². The Morgan fingerprint density at radius 3 is 2.70 bits per heavy atom. The minimum Gasteiger partial charge on any atom is -0.492 e. The molecular weight excluding hydrogens is 378 g/mol. The van der Waals surface area contributed by atoms with Crippen molar-refractivity contribution in [3.63, 3.8) is 0 Å². The molecule has 30 heavy (non-hydrogen) atoms. The summed E-state index contributed by atoms with van der Waals surface area (Å²) >= 11 is 0. The number of rotatable bonds is 7. The largest absolute Gasteiger partial charge is 0.492 e. The van der Waals surface area contributed by atoms with Gasteiger partial charge >= 0.3 is 6.03 Å². The summed E-state index contributed by atoms with van der Waals surface area (Å²) < 4.78 is 7.69. The molecule has 0 aliphatic heterocycles. The molecule has 2 heterocycles. The minimum atomic E-state index is -0.289. The molecule has 2 amide bonds. The molecule has 0 unspecified atom stereocenters. The van der Waals surface area contributed by atoms with Gasteiger partial charge in [-0.25, -0.2) is 4.79 Å². The van der Waals surface area contributed by atoms with E-state index in [-0.39, 0.29) is 6.03 Å². The molecule has 0 atom stereocenters. The van der Waals surface area contributed by atoms with Crippen LogP contribution in [-0.4, -0.2) is 27.4 Å². The van der Waals surface area contributed by atoms with Crippen molar-refractivity contribution in [3.05, 3.63) is 60.6 Å². The molecule has 0 radical (unpaired) electrons. The highest BCUT2D eigenvalue weighted by Crippen LogP contribution is 2.33. The third-order valence-corrected chi connectivity index (χ3v) is 5.30. The van der Waals surface area contributed by atoms with Gasteiger partial charge in [-0.1, -0.05) is 25.0 Å². The number of para-hydroxylation sites is 2. The molecule has 1 aromatic carbocycles. The van der Waals surface area contributed by atoms with Crippen LogP contribution >= 0.6 is 0 Å². The molecule has 3 aromatic rings. The first kappa shape index (κ1) is 19.9. The van der Waals surface area contributed by atoms with Gasteiger partial charge in [0.1, 0.15) is 5.75 Å². The maximum Gasteiger partial charge on any atom is 0.319 e. The van der Waals surface area contributed by atoms with Crippen LogP contribution in [0.2, 0.25) is 0 Å². The lowest BCUT2D eigenvalue weighted by Crippen LogP contribution is -2.28. The number of benzene rings is 1. The SMILES string of the molecule is CCOc1ccccc1NC(=O)NCc1cc(-c2ccncc2)n(C2CCCC2)n1. The zero-order valence-corrected chi connectivity index (χ0v) is 17.2. The lowest BCUT2D eigenvalue weighted by Gasteiger charge is -2.14. The molecule has 1 aliphatic carbocycles. The first-order valence-electron chi connectivity index (χ1n) is 10.5. The van der Waals surface area contributed by atoms with E-state index in [1.807, 2.05) is 43.3 Å². The highest BCUT2D eigenvalue weighted by molar-refractivity contribution is 5.90. The molecule has 7 heteroatoms. The number of amides is 2. The van der Waals surface area contributed by atoms with Crippen molar-refractivity contribution in [1.29, 1.82) is 0 Å². The number of nitrogens with zero attached hydrogens (tertiary/aromatic N) is 3. The van der Waals surface area contributed by atoms with Crippen molar-refractivity contribution in [1.82, 2.24) is 20.1 Å². The van der Waals surface area contributed by atoms with Crippen LogP contribution in [0.3, 0.4) is 0 Å². The summed E-state index contributed by atoms with van der Waals surface area (Å²) in [5, 5.41) is 10.6. The van der Waals surface area contributed by atoms with Crippen molar-refractivity contribution in [2.75, 3.05) is 11.9 Å². The monoisotopic (exact) mass is 405 g/mol. The number of hydrogen-bond acceptors (Lipinski definition) is 4. The van der Waals surface area contributed by atoms with E-state index in [4.69, 9.17) is 9.84 Å². The highest BCUT2D eigenvalue weighted by Gasteiger charge is 2.22. The molecule has 0 bridgehead atoms. The van der Waals surface area contributed by atoms with E-state index in [2.05, 4.69) is 26.4 Å². The number of aromatic nitrogens is 3. The zero-order valence-electron chi connectivity index (χ0n) is 17.2. The Labute approximate surface area is 176 Å². The first-order valence-corrected chi connectivity index (χ1v) is 10.5. The molecule has 7 nitrogen and oxygen atoms in total. The molecule has 0 saturated heterocycles. The molecule has 4 rings (SSSR count). The average Bonchev–Trinajstić information content (AvgIpc) is 3.44. The van der Waals surface area contributed by atoms with Gasteiger partial charge in [-0.05, 0) is 50.1 Å². The zero-order chi connectivity index (χ0) is 20.8. The Kier molecular flexibility index (Phi) is 6.27. The second-order valence-corrected chi connectivity index (χ2v) is 7.38. The van der Waals surface area contributed by atoms with Gasteiger partial charge in [0.25, 0.3) is 0 Å². The summed E-state index contributed by atoms with van der Waals surface area (Å²) in [5.74, 6) is 0.653. The molecule has 2 N–H and O–H groups in total. The number of anilines is 1. The maximum absolute atomic E-state index is 12.4. The van der Waals surface area contributed by atoms with Gasteiger partial charge in [0.15, 0.2) is 0 Å². The molecule has 1 fully saturated rings. The van der Waals surface area contributed by atoms with Crippen molar-refractivity contribution < 1.29 is 9.53 Å². The van der Waals surface area contributed by atoms with Crippen LogP contribution in [0.4, 0.5) is 10.5 Å². The summed E-state index contributed by atoms with van der Waals surface area (Å²) in [7, 11) is 0. The van der Waals surface area contributed by atoms with Gasteiger partial charge in [-0.15, -0.1) is 0 Å². The quantitative estimate of drug-likeness (QED) is 0.593.